The van der Waals surface area contributed by atoms with Gasteiger partial charge in [0.05, 0.1) is 5.69 Å². The van der Waals surface area contributed by atoms with Gasteiger partial charge in [-0.05, 0) is 42.0 Å². The van der Waals surface area contributed by atoms with E-state index in [4.69, 9.17) is 22.8 Å². The fraction of sp³-hybridized carbons (Fsp3) is 0.133. The van der Waals surface area contributed by atoms with Gasteiger partial charge < -0.3 is 9.30 Å². The average Bonchev–Trinajstić information content (AvgIpc) is 2.44. The molecule has 0 saturated carbocycles. The van der Waals surface area contributed by atoms with Gasteiger partial charge in [0.25, 0.3) is 5.56 Å². The van der Waals surface area contributed by atoms with Crippen LogP contribution in [0.5, 0.6) is 5.75 Å². The van der Waals surface area contributed by atoms with Gasteiger partial charge in [-0.2, -0.15) is 0 Å². The molecule has 1 aromatic heterocycles. The Morgan fingerprint density at radius 2 is 1.95 bits per heavy atom. The van der Waals surface area contributed by atoms with Crippen LogP contribution in [0.25, 0.3) is 11.3 Å². The van der Waals surface area contributed by atoms with Gasteiger partial charge in [0.15, 0.2) is 0 Å². The van der Waals surface area contributed by atoms with Crippen LogP contribution >= 0.6 is 11.6 Å². The molecule has 0 amide bonds. The van der Waals surface area contributed by atoms with E-state index in [-0.39, 0.29) is 17.2 Å². The molecule has 96 valence electrons. The summed E-state index contributed by atoms with van der Waals surface area (Å²) in [4.78, 5) is 11.8. The van der Waals surface area contributed by atoms with Crippen LogP contribution < -0.4 is 10.3 Å². The molecule has 0 radical (unpaired) electrons. The van der Waals surface area contributed by atoms with E-state index in [1.807, 2.05) is 24.3 Å². The molecule has 0 saturated heterocycles. The van der Waals surface area contributed by atoms with Crippen molar-refractivity contribution in [1.29, 1.82) is 0 Å². The smallest absolute Gasteiger partial charge is 0.269 e. The van der Waals surface area contributed by atoms with Gasteiger partial charge >= 0.3 is 0 Å². The third kappa shape index (κ3) is 2.81. The second kappa shape index (κ2) is 5.64. The second-order valence-corrected chi connectivity index (χ2v) is 4.36. The average molecular weight is 274 g/mol. The Balaban J connectivity index is 2.36. The highest BCUT2D eigenvalue weighted by Gasteiger charge is 2.06. The molecule has 1 aromatic carbocycles. The van der Waals surface area contributed by atoms with Crippen molar-refractivity contribution in [2.45, 2.75) is 0 Å². The minimum Gasteiger partial charge on any atom is -0.481 e. The molecule has 4 heteroatoms. The van der Waals surface area contributed by atoms with Crippen LogP contribution in [0.15, 0.2) is 41.2 Å². The molecule has 0 fully saturated rings. The molecule has 19 heavy (non-hydrogen) atoms. The molecule has 0 N–H and O–H groups in total. The maximum absolute atomic E-state index is 11.8. The molecule has 0 aliphatic rings. The number of halogens is 1. The Bertz CT molecular complexity index is 681. The summed E-state index contributed by atoms with van der Waals surface area (Å²) >= 11 is 5.78. The lowest BCUT2D eigenvalue weighted by molar-refractivity contribution is 0.370. The SMILES string of the molecule is C#CCOc1ccc(-c2ccc(Cl)c(=O)n2C)cc1. The summed E-state index contributed by atoms with van der Waals surface area (Å²) < 4.78 is 6.81. The van der Waals surface area contributed by atoms with E-state index >= 15 is 0 Å². The number of aromatic nitrogens is 1. The van der Waals surface area contributed by atoms with Crippen molar-refractivity contribution >= 4 is 11.6 Å². The fourth-order valence-electron chi connectivity index (χ4n) is 1.74. The van der Waals surface area contributed by atoms with Gasteiger partial charge in [0.1, 0.15) is 17.4 Å². The number of terminal acetylenes is 1. The number of nitrogens with zero attached hydrogens (tertiary/aromatic N) is 1. The Labute approximate surface area is 116 Å². The molecular formula is C15H12ClNO2. The van der Waals surface area contributed by atoms with E-state index < -0.39 is 0 Å². The van der Waals surface area contributed by atoms with Gasteiger partial charge in [0, 0.05) is 7.05 Å². The molecule has 2 rings (SSSR count). The van der Waals surface area contributed by atoms with Crippen LogP contribution in [0.2, 0.25) is 5.02 Å². The molecule has 0 aliphatic heterocycles. The zero-order valence-corrected chi connectivity index (χ0v) is 11.1. The minimum absolute atomic E-state index is 0.209. The highest BCUT2D eigenvalue weighted by atomic mass is 35.5. The van der Waals surface area contributed by atoms with Crippen LogP contribution in [-0.4, -0.2) is 11.2 Å². The molecule has 1 heterocycles. The van der Waals surface area contributed by atoms with Crippen LogP contribution in [-0.2, 0) is 7.05 Å². The van der Waals surface area contributed by atoms with Crippen molar-refractivity contribution < 1.29 is 4.74 Å². The van der Waals surface area contributed by atoms with Crippen LogP contribution in [0.3, 0.4) is 0 Å². The molecule has 2 aromatic rings. The summed E-state index contributed by atoms with van der Waals surface area (Å²) in [5, 5.41) is 0.209. The van der Waals surface area contributed by atoms with Gasteiger partial charge in [-0.15, -0.1) is 6.42 Å². The zero-order valence-electron chi connectivity index (χ0n) is 10.4. The van der Waals surface area contributed by atoms with E-state index in [0.29, 0.717) is 5.75 Å². The van der Waals surface area contributed by atoms with Crippen LogP contribution in [0.1, 0.15) is 0 Å². The van der Waals surface area contributed by atoms with Crippen molar-refractivity contribution in [3.63, 3.8) is 0 Å². The Morgan fingerprint density at radius 1 is 1.26 bits per heavy atom. The quantitative estimate of drug-likeness (QED) is 0.805. The van der Waals surface area contributed by atoms with E-state index in [2.05, 4.69) is 5.92 Å². The summed E-state index contributed by atoms with van der Waals surface area (Å²) in [7, 11) is 1.69. The predicted molar refractivity (Wildman–Crippen MR) is 76.5 cm³/mol. The predicted octanol–water partition coefficient (Wildman–Crippen LogP) is 2.72. The Morgan fingerprint density at radius 3 is 2.58 bits per heavy atom. The topological polar surface area (TPSA) is 31.2 Å². The second-order valence-electron chi connectivity index (χ2n) is 3.95. The van der Waals surface area contributed by atoms with Crippen molar-refractivity contribution in [3.8, 4) is 29.4 Å². The van der Waals surface area contributed by atoms with Crippen molar-refractivity contribution in [2.75, 3.05) is 6.61 Å². The van der Waals surface area contributed by atoms with Gasteiger partial charge in [-0.3, -0.25) is 4.79 Å². The molecule has 0 bridgehead atoms. The van der Waals surface area contributed by atoms with Crippen LogP contribution in [0.4, 0.5) is 0 Å². The fourth-order valence-corrected chi connectivity index (χ4v) is 1.93. The third-order valence-electron chi connectivity index (χ3n) is 2.73. The lowest BCUT2D eigenvalue weighted by atomic mass is 10.1. The number of benzene rings is 1. The van der Waals surface area contributed by atoms with E-state index in [1.54, 1.807) is 19.2 Å². The molecule has 0 aliphatic carbocycles. The number of hydrogen-bond donors (Lipinski definition) is 0. The maximum Gasteiger partial charge on any atom is 0.269 e. The first-order valence-electron chi connectivity index (χ1n) is 5.65. The summed E-state index contributed by atoms with van der Waals surface area (Å²) in [5.74, 6) is 3.10. The molecule has 0 unspecified atom stereocenters. The van der Waals surface area contributed by atoms with E-state index in [1.165, 1.54) is 4.57 Å². The summed E-state index contributed by atoms with van der Waals surface area (Å²) in [6.07, 6.45) is 5.12. The first kappa shape index (κ1) is 13.3. The number of pyridine rings is 1. The van der Waals surface area contributed by atoms with Crippen molar-refractivity contribution in [3.05, 3.63) is 51.8 Å². The maximum atomic E-state index is 11.8. The van der Waals surface area contributed by atoms with Crippen molar-refractivity contribution in [2.24, 2.45) is 7.05 Å². The highest BCUT2D eigenvalue weighted by Crippen LogP contribution is 2.21. The first-order chi connectivity index (χ1) is 9.13. The first-order valence-corrected chi connectivity index (χ1v) is 6.03. The number of rotatable bonds is 3. The Hall–Kier alpha value is -2.18. The summed E-state index contributed by atoms with van der Waals surface area (Å²) in [6.45, 7) is 0.235. The minimum atomic E-state index is -0.216. The van der Waals surface area contributed by atoms with Crippen LogP contribution in [0, 0.1) is 12.3 Å². The molecule has 0 atom stereocenters. The van der Waals surface area contributed by atoms with Gasteiger partial charge in [-0.1, -0.05) is 17.5 Å². The summed E-state index contributed by atoms with van der Waals surface area (Å²) in [6, 6.07) is 10.8. The summed E-state index contributed by atoms with van der Waals surface area (Å²) in [5.41, 5.74) is 1.48. The van der Waals surface area contributed by atoms with E-state index in [9.17, 15) is 4.79 Å². The lowest BCUT2D eigenvalue weighted by Gasteiger charge is -2.09. The largest absolute Gasteiger partial charge is 0.481 e. The zero-order chi connectivity index (χ0) is 13.8. The number of ether oxygens (including phenoxy) is 1. The number of hydrogen-bond acceptors (Lipinski definition) is 2. The molecule has 0 spiro atoms. The molecular weight excluding hydrogens is 262 g/mol. The van der Waals surface area contributed by atoms with Gasteiger partial charge in [-0.25, -0.2) is 0 Å². The standard InChI is InChI=1S/C15H12ClNO2/c1-3-10-19-12-6-4-11(5-7-12)14-9-8-13(16)15(18)17(14)2/h1,4-9H,10H2,2H3. The highest BCUT2D eigenvalue weighted by molar-refractivity contribution is 6.30. The Kier molecular flexibility index (Phi) is 3.94. The van der Waals surface area contributed by atoms with Gasteiger partial charge in [0.2, 0.25) is 0 Å². The lowest BCUT2D eigenvalue weighted by Crippen LogP contribution is -2.18. The normalized spacial score (nSPS) is 9.95. The third-order valence-corrected chi connectivity index (χ3v) is 3.02. The van der Waals surface area contributed by atoms with Crippen molar-refractivity contribution in [1.82, 2.24) is 4.57 Å². The monoisotopic (exact) mass is 273 g/mol. The van der Waals surface area contributed by atoms with E-state index in [0.717, 1.165) is 11.3 Å². The molecule has 3 nitrogen and oxygen atoms in total.